The summed E-state index contributed by atoms with van der Waals surface area (Å²) in [6, 6.07) is 13.7. The molecule has 220 valence electrons. The molecule has 0 fully saturated rings. The molecule has 2 heterocycles. The Morgan fingerprint density at radius 2 is 1.88 bits per heavy atom. The van der Waals surface area contributed by atoms with Gasteiger partial charge in [0.25, 0.3) is 0 Å². The lowest BCUT2D eigenvalue weighted by atomic mass is 10.1. The molecule has 4 rings (SSSR count). The van der Waals surface area contributed by atoms with Crippen LogP contribution in [0.15, 0.2) is 54.6 Å². The molecular weight excluding hydrogens is 530 g/mol. The summed E-state index contributed by atoms with van der Waals surface area (Å²) in [5, 5.41) is 3.37. The van der Waals surface area contributed by atoms with Crippen molar-refractivity contribution in [2.45, 2.75) is 51.5 Å². The predicted octanol–water partition coefficient (Wildman–Crippen LogP) is 4.98. The van der Waals surface area contributed by atoms with Crippen molar-refractivity contribution in [3.63, 3.8) is 0 Å². The molecule has 0 radical (unpaired) electrons. The van der Waals surface area contributed by atoms with Crippen LogP contribution in [-0.2, 0) is 22.5 Å². The molecule has 1 aliphatic heterocycles. The van der Waals surface area contributed by atoms with E-state index >= 15 is 0 Å². The molecule has 0 amide bonds. The maximum atomic E-state index is 13.5. The molecule has 8 nitrogen and oxygen atoms in total. The zero-order valence-electron chi connectivity index (χ0n) is 23.4. The van der Waals surface area contributed by atoms with Crippen molar-refractivity contribution < 1.29 is 28.1 Å². The Morgan fingerprint density at radius 3 is 2.68 bits per heavy atom. The number of fused-ring (bicyclic) bond motifs is 1. The number of nitrogens with one attached hydrogen (secondary N) is 1. The van der Waals surface area contributed by atoms with Gasteiger partial charge < -0.3 is 15.8 Å². The Labute approximate surface area is 239 Å². The Bertz CT molecular complexity index is 1270. The molecule has 0 saturated carbocycles. The van der Waals surface area contributed by atoms with E-state index in [-0.39, 0.29) is 12.4 Å². The van der Waals surface area contributed by atoms with Crippen molar-refractivity contribution in [3.8, 4) is 11.5 Å². The first kappa shape index (κ1) is 30.2. The quantitative estimate of drug-likeness (QED) is 0.150. The summed E-state index contributed by atoms with van der Waals surface area (Å²) in [6.45, 7) is 4.74. The number of carbonyl (C=O) groups is 1. The summed E-state index contributed by atoms with van der Waals surface area (Å²) < 4.78 is 32.6. The van der Waals surface area contributed by atoms with E-state index < -0.39 is 23.6 Å². The summed E-state index contributed by atoms with van der Waals surface area (Å²) in [7, 11) is 0. The number of para-hydroxylation sites is 1. The minimum atomic E-state index is -0.882. The second-order valence-corrected chi connectivity index (χ2v) is 10.2. The van der Waals surface area contributed by atoms with E-state index in [9.17, 15) is 13.6 Å². The highest BCUT2D eigenvalue weighted by Gasteiger charge is 2.19. The fraction of sp³-hybridized carbons (Fsp3) is 0.419. The average molecular weight is 569 g/mol. The first-order valence-electron chi connectivity index (χ1n) is 14.1. The number of carbonyl (C=O) groups excluding carboxylic acids is 1. The van der Waals surface area contributed by atoms with Crippen LogP contribution in [0.1, 0.15) is 42.5 Å². The minimum absolute atomic E-state index is 0.128. The first-order chi connectivity index (χ1) is 19.9. The zero-order valence-corrected chi connectivity index (χ0v) is 23.4. The van der Waals surface area contributed by atoms with Crippen LogP contribution in [0.5, 0.6) is 11.5 Å². The van der Waals surface area contributed by atoms with Crippen LogP contribution in [-0.4, -0.2) is 54.7 Å². The highest BCUT2D eigenvalue weighted by Crippen LogP contribution is 2.21. The molecule has 3 N–H and O–H groups in total. The van der Waals surface area contributed by atoms with Gasteiger partial charge in [0.1, 0.15) is 35.9 Å². The lowest BCUT2D eigenvalue weighted by Gasteiger charge is -2.23. The number of aromatic nitrogens is 1. The summed E-state index contributed by atoms with van der Waals surface area (Å²) in [6.07, 6.45) is 5.19. The van der Waals surface area contributed by atoms with E-state index in [0.717, 1.165) is 80.5 Å². The monoisotopic (exact) mass is 568 g/mol. The molecule has 1 atom stereocenters. The van der Waals surface area contributed by atoms with Crippen LogP contribution in [0, 0.1) is 18.6 Å². The number of rotatable bonds is 15. The topological polar surface area (TPSA) is 98.9 Å². The van der Waals surface area contributed by atoms with Gasteiger partial charge in [-0.2, -0.15) is 0 Å². The number of hydrogen-bond donors (Lipinski definition) is 2. The van der Waals surface area contributed by atoms with Crippen molar-refractivity contribution in [1.29, 1.82) is 0 Å². The standard InChI is InChI=1S/C31H38F2N4O4/c1-22-7-2-3-10-29(22)40-41-31(38)28(34)13-16-37(17-18-39-27-20-24(32)19-25(33)21-27)15-5-4-9-26-12-11-23-8-6-14-35-30(23)36-26/h2-3,7,10-12,19-21,28H,4-6,8-9,13-18,34H2,1H3,(H,35,36)/t28-/m0/s1. The lowest BCUT2D eigenvalue weighted by molar-refractivity contribution is -0.215. The number of aryl methyl sites for hydroxylation is 3. The molecule has 0 bridgehead atoms. The number of benzene rings is 2. The smallest absolute Gasteiger partial charge is 0.371 e. The van der Waals surface area contributed by atoms with Crippen molar-refractivity contribution in [2.24, 2.45) is 5.73 Å². The Balaban J connectivity index is 1.26. The lowest BCUT2D eigenvalue weighted by Crippen LogP contribution is -2.39. The number of unbranched alkanes of at least 4 members (excludes halogenated alkanes) is 1. The number of pyridine rings is 1. The Kier molecular flexibility index (Phi) is 11.3. The number of anilines is 1. The van der Waals surface area contributed by atoms with Crippen LogP contribution < -0.4 is 20.7 Å². The predicted molar refractivity (Wildman–Crippen MR) is 153 cm³/mol. The number of hydrogen-bond acceptors (Lipinski definition) is 8. The van der Waals surface area contributed by atoms with E-state index in [4.69, 9.17) is 25.2 Å². The van der Waals surface area contributed by atoms with Crippen LogP contribution in [0.25, 0.3) is 0 Å². The maximum Gasteiger partial charge on any atom is 0.371 e. The van der Waals surface area contributed by atoms with Crippen molar-refractivity contribution in [3.05, 3.63) is 83.1 Å². The van der Waals surface area contributed by atoms with Gasteiger partial charge >= 0.3 is 5.97 Å². The van der Waals surface area contributed by atoms with Gasteiger partial charge in [0.05, 0.1) is 0 Å². The van der Waals surface area contributed by atoms with Crippen LogP contribution >= 0.6 is 0 Å². The second kappa shape index (κ2) is 15.3. The first-order valence-corrected chi connectivity index (χ1v) is 14.1. The minimum Gasteiger partial charge on any atom is -0.492 e. The largest absolute Gasteiger partial charge is 0.492 e. The van der Waals surface area contributed by atoms with Crippen molar-refractivity contribution in [1.82, 2.24) is 9.88 Å². The molecule has 1 aromatic heterocycles. The van der Waals surface area contributed by atoms with Gasteiger partial charge in [-0.05, 0) is 75.3 Å². The molecule has 2 aromatic carbocycles. The van der Waals surface area contributed by atoms with Gasteiger partial charge in [0.15, 0.2) is 5.75 Å². The third kappa shape index (κ3) is 9.68. The Morgan fingerprint density at radius 1 is 1.07 bits per heavy atom. The highest BCUT2D eigenvalue weighted by molar-refractivity contribution is 5.75. The highest BCUT2D eigenvalue weighted by atomic mass is 19.1. The number of halogens is 2. The van der Waals surface area contributed by atoms with Gasteiger partial charge in [-0.15, -0.1) is 0 Å². The SMILES string of the molecule is Cc1ccccc1OOC(=O)[C@@H](N)CCN(CCCCc1ccc2c(n1)NCCC2)CCOc1cc(F)cc(F)c1. The molecule has 0 spiro atoms. The van der Waals surface area contributed by atoms with Gasteiger partial charge in [0, 0.05) is 43.5 Å². The summed E-state index contributed by atoms with van der Waals surface area (Å²) in [4.78, 5) is 29.4. The molecule has 10 heteroatoms. The van der Waals surface area contributed by atoms with E-state index in [1.165, 1.54) is 5.56 Å². The molecule has 0 saturated heterocycles. The average Bonchev–Trinajstić information content (AvgIpc) is 2.96. The number of nitrogens with zero attached hydrogens (tertiary/aromatic N) is 2. The number of nitrogens with two attached hydrogens (primary N) is 1. The molecule has 0 unspecified atom stereocenters. The van der Waals surface area contributed by atoms with Crippen molar-refractivity contribution >= 4 is 11.8 Å². The second-order valence-electron chi connectivity index (χ2n) is 10.2. The third-order valence-electron chi connectivity index (χ3n) is 6.99. The maximum absolute atomic E-state index is 13.5. The molecule has 41 heavy (non-hydrogen) atoms. The van der Waals surface area contributed by atoms with E-state index in [2.05, 4.69) is 22.3 Å². The fourth-order valence-electron chi connectivity index (χ4n) is 4.63. The van der Waals surface area contributed by atoms with Gasteiger partial charge in [-0.3, -0.25) is 9.79 Å². The molecule has 0 aliphatic carbocycles. The molecular formula is C31H38F2N4O4. The summed E-state index contributed by atoms with van der Waals surface area (Å²) >= 11 is 0. The van der Waals surface area contributed by atoms with Gasteiger partial charge in [0.2, 0.25) is 0 Å². The van der Waals surface area contributed by atoms with Gasteiger partial charge in [-0.25, -0.2) is 23.4 Å². The zero-order chi connectivity index (χ0) is 29.0. The molecule has 1 aliphatic rings. The Hall–Kier alpha value is -3.76. The van der Waals surface area contributed by atoms with Crippen LogP contribution in [0.4, 0.5) is 14.6 Å². The molecule has 3 aromatic rings. The number of ether oxygens (including phenoxy) is 1. The fourth-order valence-corrected chi connectivity index (χ4v) is 4.63. The van der Waals surface area contributed by atoms with Crippen molar-refractivity contribution in [2.75, 3.05) is 38.1 Å². The van der Waals surface area contributed by atoms with Crippen LogP contribution in [0.2, 0.25) is 0 Å². The van der Waals surface area contributed by atoms with E-state index in [1.54, 1.807) is 12.1 Å². The van der Waals surface area contributed by atoms with E-state index in [1.807, 2.05) is 19.1 Å². The normalized spacial score (nSPS) is 13.3. The summed E-state index contributed by atoms with van der Waals surface area (Å²) in [5.41, 5.74) is 9.25. The summed E-state index contributed by atoms with van der Waals surface area (Å²) in [5.74, 6) is -0.478. The van der Waals surface area contributed by atoms with E-state index in [0.29, 0.717) is 25.3 Å². The van der Waals surface area contributed by atoms with Crippen LogP contribution in [0.3, 0.4) is 0 Å². The van der Waals surface area contributed by atoms with Gasteiger partial charge in [-0.1, -0.05) is 24.3 Å². The third-order valence-corrected chi connectivity index (χ3v) is 6.99.